The van der Waals surface area contributed by atoms with E-state index in [0.717, 1.165) is 0 Å². The summed E-state index contributed by atoms with van der Waals surface area (Å²) in [6, 6.07) is 1.60. The minimum atomic E-state index is 0. The minimum Gasteiger partial charge on any atom is -0.479 e. The molecule has 0 aromatic carbocycles. The van der Waals surface area contributed by atoms with Crippen molar-refractivity contribution in [1.29, 1.82) is 0 Å². The van der Waals surface area contributed by atoms with E-state index in [-0.39, 0.29) is 7.43 Å². The average molecular weight is 246 g/mol. The van der Waals surface area contributed by atoms with Gasteiger partial charge in [0, 0.05) is 5.39 Å². The van der Waals surface area contributed by atoms with Gasteiger partial charge in [0.05, 0.1) is 7.11 Å². The Morgan fingerprint density at radius 3 is 2.67 bits per heavy atom. The number of nitrogens with zero attached hydrogens (tertiary/aromatic N) is 3. The molecule has 2 rings (SSSR count). The Bertz CT molecular complexity index is 490. The summed E-state index contributed by atoms with van der Waals surface area (Å²) in [5, 5.41) is 1.26. The van der Waals surface area contributed by atoms with Crippen LogP contribution < -0.4 is 4.74 Å². The second-order valence-corrected chi connectivity index (χ2v) is 3.26. The van der Waals surface area contributed by atoms with Crippen molar-refractivity contribution in [2.75, 3.05) is 7.11 Å². The third kappa shape index (κ3) is 2.11. The van der Waals surface area contributed by atoms with E-state index in [9.17, 15) is 0 Å². The number of fused-ring (bicyclic) bond motifs is 1. The van der Waals surface area contributed by atoms with Crippen molar-refractivity contribution in [2.24, 2.45) is 0 Å². The number of halogens is 2. The Balaban J connectivity index is 0.00000112. The summed E-state index contributed by atoms with van der Waals surface area (Å²) in [5.74, 6) is 0.344. The van der Waals surface area contributed by atoms with E-state index in [2.05, 4.69) is 15.0 Å². The van der Waals surface area contributed by atoms with Crippen LogP contribution in [-0.4, -0.2) is 22.1 Å². The van der Waals surface area contributed by atoms with Gasteiger partial charge in [-0.25, -0.2) is 9.97 Å². The van der Waals surface area contributed by atoms with Crippen molar-refractivity contribution < 1.29 is 4.74 Å². The smallest absolute Gasteiger partial charge is 0.241 e. The van der Waals surface area contributed by atoms with Crippen LogP contribution in [0.3, 0.4) is 0 Å². The fourth-order valence-electron chi connectivity index (χ4n) is 1.12. The molecule has 0 fully saturated rings. The summed E-state index contributed by atoms with van der Waals surface area (Å²) in [7, 11) is 1.49. The molecule has 0 unspecified atom stereocenters. The van der Waals surface area contributed by atoms with Gasteiger partial charge in [-0.15, -0.1) is 0 Å². The number of aromatic nitrogens is 3. The van der Waals surface area contributed by atoms with Crippen molar-refractivity contribution in [3.05, 3.63) is 22.7 Å². The summed E-state index contributed by atoms with van der Waals surface area (Å²) < 4.78 is 5.02. The Hall–Kier alpha value is -1.13. The number of hydrogen-bond acceptors (Lipinski definition) is 4. The average Bonchev–Trinajstić information content (AvgIpc) is 2.18. The highest BCUT2D eigenvalue weighted by Gasteiger charge is 2.09. The van der Waals surface area contributed by atoms with Gasteiger partial charge in [-0.05, 0) is 6.07 Å². The molecule has 2 aromatic rings. The second kappa shape index (κ2) is 4.59. The Morgan fingerprint density at radius 1 is 1.27 bits per heavy atom. The Kier molecular flexibility index (Phi) is 3.66. The molecule has 2 aromatic heterocycles. The highest BCUT2D eigenvalue weighted by molar-refractivity contribution is 6.35. The molecule has 0 bridgehead atoms. The van der Waals surface area contributed by atoms with Gasteiger partial charge in [-0.2, -0.15) is 4.98 Å². The molecule has 80 valence electrons. The topological polar surface area (TPSA) is 47.9 Å². The summed E-state index contributed by atoms with van der Waals surface area (Å²) in [6.07, 6.45) is 1.35. The van der Waals surface area contributed by atoms with E-state index < -0.39 is 0 Å². The van der Waals surface area contributed by atoms with Gasteiger partial charge < -0.3 is 4.74 Å². The molecule has 0 spiro atoms. The molecule has 0 aliphatic heterocycles. The zero-order valence-electron chi connectivity index (χ0n) is 7.16. The molecule has 0 atom stereocenters. The van der Waals surface area contributed by atoms with Crippen molar-refractivity contribution in [1.82, 2.24) is 15.0 Å². The van der Waals surface area contributed by atoms with Crippen LogP contribution in [0.2, 0.25) is 10.3 Å². The standard InChI is InChI=1S/C8H5Cl2N3O.CH4/c1-14-8-6-4(2-5(9)13-8)7(10)12-3-11-6;/h2-3H,1H3;1H4. The third-order valence-electron chi connectivity index (χ3n) is 1.70. The number of rotatable bonds is 1. The Morgan fingerprint density at radius 2 is 2.00 bits per heavy atom. The molecule has 0 amide bonds. The first-order valence-corrected chi connectivity index (χ1v) is 4.48. The van der Waals surface area contributed by atoms with E-state index in [1.165, 1.54) is 13.4 Å². The fraction of sp³-hybridized carbons (Fsp3) is 0.222. The molecule has 0 saturated heterocycles. The maximum Gasteiger partial charge on any atom is 0.241 e. The molecular weight excluding hydrogens is 237 g/mol. The lowest BCUT2D eigenvalue weighted by atomic mass is 10.3. The maximum absolute atomic E-state index is 5.86. The first-order chi connectivity index (χ1) is 6.72. The van der Waals surface area contributed by atoms with Crippen LogP contribution in [0.25, 0.3) is 10.9 Å². The SMILES string of the molecule is C.COc1nc(Cl)cc2c(Cl)ncnc12. The van der Waals surface area contributed by atoms with Crippen LogP contribution in [0.5, 0.6) is 5.88 Å². The number of ether oxygens (including phenoxy) is 1. The van der Waals surface area contributed by atoms with Crippen molar-refractivity contribution in [3.8, 4) is 5.88 Å². The van der Waals surface area contributed by atoms with Gasteiger partial charge in [-0.3, -0.25) is 0 Å². The highest BCUT2D eigenvalue weighted by Crippen LogP contribution is 2.27. The molecule has 0 radical (unpaired) electrons. The van der Waals surface area contributed by atoms with E-state index in [1.54, 1.807) is 6.07 Å². The Labute approximate surface area is 97.2 Å². The second-order valence-electron chi connectivity index (χ2n) is 2.51. The lowest BCUT2D eigenvalue weighted by Crippen LogP contribution is -1.93. The van der Waals surface area contributed by atoms with Crippen molar-refractivity contribution in [3.63, 3.8) is 0 Å². The number of methoxy groups -OCH3 is 1. The third-order valence-corrected chi connectivity index (χ3v) is 2.20. The number of pyridine rings is 1. The van der Waals surface area contributed by atoms with Gasteiger partial charge in [0.1, 0.15) is 22.2 Å². The van der Waals surface area contributed by atoms with Crippen molar-refractivity contribution in [2.45, 2.75) is 7.43 Å². The molecule has 0 saturated carbocycles. The largest absolute Gasteiger partial charge is 0.479 e. The predicted molar refractivity (Wildman–Crippen MR) is 60.6 cm³/mol. The molecule has 0 N–H and O–H groups in total. The maximum atomic E-state index is 5.86. The molecule has 6 heteroatoms. The fourth-order valence-corrected chi connectivity index (χ4v) is 1.49. The van der Waals surface area contributed by atoms with Crippen LogP contribution in [0, 0.1) is 0 Å². The van der Waals surface area contributed by atoms with Gasteiger partial charge in [-0.1, -0.05) is 30.6 Å². The van der Waals surface area contributed by atoms with Crippen molar-refractivity contribution >= 4 is 34.1 Å². The van der Waals surface area contributed by atoms with Gasteiger partial charge >= 0.3 is 0 Å². The lowest BCUT2D eigenvalue weighted by molar-refractivity contribution is 0.402. The molecule has 0 aliphatic rings. The van der Waals surface area contributed by atoms with Crippen LogP contribution in [0.15, 0.2) is 12.4 Å². The predicted octanol–water partition coefficient (Wildman–Crippen LogP) is 2.98. The first-order valence-electron chi connectivity index (χ1n) is 3.73. The molecule has 2 heterocycles. The normalized spacial score (nSPS) is 9.80. The molecule has 0 aliphatic carbocycles. The zero-order chi connectivity index (χ0) is 10.1. The summed E-state index contributed by atoms with van der Waals surface area (Å²) in [5.41, 5.74) is 0.553. The van der Waals surface area contributed by atoms with Gasteiger partial charge in [0.2, 0.25) is 5.88 Å². The summed E-state index contributed by atoms with van der Waals surface area (Å²) in [4.78, 5) is 11.8. The molecular formula is C9H9Cl2N3O. The summed E-state index contributed by atoms with van der Waals surface area (Å²) >= 11 is 11.6. The summed E-state index contributed by atoms with van der Waals surface area (Å²) in [6.45, 7) is 0. The van der Waals surface area contributed by atoms with Crippen LogP contribution in [0.4, 0.5) is 0 Å². The quantitative estimate of drug-likeness (QED) is 0.573. The van der Waals surface area contributed by atoms with E-state index in [0.29, 0.717) is 27.1 Å². The monoisotopic (exact) mass is 245 g/mol. The van der Waals surface area contributed by atoms with Crippen LogP contribution in [0.1, 0.15) is 7.43 Å². The van der Waals surface area contributed by atoms with E-state index in [4.69, 9.17) is 27.9 Å². The van der Waals surface area contributed by atoms with Crippen LogP contribution >= 0.6 is 23.2 Å². The first kappa shape index (κ1) is 11.9. The van der Waals surface area contributed by atoms with E-state index in [1.807, 2.05) is 0 Å². The lowest BCUT2D eigenvalue weighted by Gasteiger charge is -2.04. The minimum absolute atomic E-state index is 0. The van der Waals surface area contributed by atoms with Gasteiger partial charge in [0.25, 0.3) is 0 Å². The number of hydrogen-bond donors (Lipinski definition) is 0. The molecule has 15 heavy (non-hydrogen) atoms. The highest BCUT2D eigenvalue weighted by atomic mass is 35.5. The zero-order valence-corrected chi connectivity index (χ0v) is 8.67. The van der Waals surface area contributed by atoms with E-state index >= 15 is 0 Å². The van der Waals surface area contributed by atoms with Gasteiger partial charge in [0.15, 0.2) is 0 Å². The molecule has 4 nitrogen and oxygen atoms in total. The van der Waals surface area contributed by atoms with Crippen LogP contribution in [-0.2, 0) is 0 Å².